The normalized spacial score (nSPS) is 12.2. The Kier molecular flexibility index (Phi) is 17.3. The predicted octanol–water partition coefficient (Wildman–Crippen LogP) is 19.5. The summed E-state index contributed by atoms with van der Waals surface area (Å²) in [5.74, 6) is 3.58. The Morgan fingerprint density at radius 1 is 0.349 bits per heavy atom. The van der Waals surface area contributed by atoms with Crippen LogP contribution in [0.25, 0.3) is 176 Å². The standard InChI is InChI=1S/C27H21N4.C24H22N3.C22H19N4.C21H16N3S/c1-18-12-13-25-22(14-15-31(25)21-10-4-3-5-11-21)26(18)27-28-23-16-19-8-6-7-9-20(19)17-24(23)29-30(27)2;1-16-11-12-20(17-7-3-4-8-17)13-21(16)24-25-22-14-18-9-5-6-10-19(18)15-23(22)26-27(24)2;1-14-8-9-20-17(10-11-25(20)2)21(14)22-23-18-12-15-6-4-5-7-16(15)13-19(18)24-26(22)3;1-13-7-8-19-16(9-10-25-19)20(13)21-22-17-11-14-5-3-4-6-15(14)12-18(17)23-24(21)2/h3-17H,1-2H3;5-7,9-15H,3-4,8H2,1-2H3;4-13H,1-3H3;3-12H,1-2H3/q4*+1. The number of benzene rings is 13. The maximum Gasteiger partial charge on any atom is 0.352 e. The number of fused-ring (bicyclic) bond motifs is 11. The summed E-state index contributed by atoms with van der Waals surface area (Å²) in [7, 11) is 9.97. The molecule has 526 valence electrons. The van der Waals surface area contributed by atoms with Gasteiger partial charge in [-0.05, 0) is 252 Å². The second-order valence-corrected chi connectivity index (χ2v) is 29.5. The zero-order chi connectivity index (χ0) is 74.1. The molecule has 109 heavy (non-hydrogen) atoms. The van der Waals surface area contributed by atoms with Crippen LogP contribution in [-0.4, -0.2) is 49.5 Å². The third-order valence-electron chi connectivity index (χ3n) is 21.3. The van der Waals surface area contributed by atoms with Crippen LogP contribution in [0.5, 0.6) is 0 Å². The lowest BCUT2D eigenvalue weighted by molar-refractivity contribution is -0.720. The molecule has 0 atom stereocenters. The van der Waals surface area contributed by atoms with Crippen molar-refractivity contribution in [3.05, 3.63) is 300 Å². The average Bonchev–Trinajstić information content (AvgIpc) is 1.57. The van der Waals surface area contributed by atoms with Gasteiger partial charge in [0.05, 0.1) is 27.8 Å². The number of hydrogen-bond acceptors (Lipinski definition) is 9. The molecule has 21 rings (SSSR count). The Bertz CT molecular complexity index is 7090. The molecule has 13 aromatic carbocycles. The average molecular weight is 1440 g/mol. The van der Waals surface area contributed by atoms with Gasteiger partial charge < -0.3 is 9.13 Å². The Labute approximate surface area is 634 Å². The summed E-state index contributed by atoms with van der Waals surface area (Å²) in [6.45, 7) is 8.56. The van der Waals surface area contributed by atoms with Gasteiger partial charge >= 0.3 is 23.3 Å². The molecule has 0 radical (unpaired) electrons. The van der Waals surface area contributed by atoms with Gasteiger partial charge in [0.2, 0.25) is 22.1 Å². The first-order valence-electron chi connectivity index (χ1n) is 37.0. The van der Waals surface area contributed by atoms with Gasteiger partial charge in [-0.25, -0.2) is 0 Å². The third kappa shape index (κ3) is 12.7. The van der Waals surface area contributed by atoms with Gasteiger partial charge in [-0.15, -0.1) is 30.1 Å². The molecule has 20 aromatic rings. The largest absolute Gasteiger partial charge is 0.352 e. The van der Waals surface area contributed by atoms with Crippen molar-refractivity contribution in [2.45, 2.75) is 47.0 Å². The first kappa shape index (κ1) is 67.6. The van der Waals surface area contributed by atoms with Crippen molar-refractivity contribution in [3.63, 3.8) is 0 Å². The van der Waals surface area contributed by atoms with Crippen LogP contribution < -0.4 is 18.7 Å². The second-order valence-electron chi connectivity index (χ2n) is 28.6. The number of aromatic nitrogens is 14. The smallest absolute Gasteiger partial charge is 0.351 e. The molecule has 1 aliphatic rings. The highest BCUT2D eigenvalue weighted by Crippen LogP contribution is 2.38. The van der Waals surface area contributed by atoms with Crippen molar-refractivity contribution >= 4 is 136 Å². The molecule has 0 bridgehead atoms. The summed E-state index contributed by atoms with van der Waals surface area (Å²) >= 11 is 1.76. The van der Waals surface area contributed by atoms with Gasteiger partial charge in [0, 0.05) is 51.5 Å². The maximum absolute atomic E-state index is 5.08. The van der Waals surface area contributed by atoms with Crippen molar-refractivity contribution in [1.29, 1.82) is 0 Å². The van der Waals surface area contributed by atoms with E-state index in [-0.39, 0.29) is 0 Å². The topological polar surface area (TPSA) is 128 Å². The van der Waals surface area contributed by atoms with Crippen LogP contribution in [0.2, 0.25) is 0 Å². The summed E-state index contributed by atoms with van der Waals surface area (Å²) in [6, 6.07) is 87.0. The van der Waals surface area contributed by atoms with Crippen LogP contribution in [0.15, 0.2) is 273 Å². The number of thiophene rings is 1. The molecule has 0 saturated carbocycles. The van der Waals surface area contributed by atoms with Gasteiger partial charge in [-0.3, -0.25) is 0 Å². The summed E-state index contributed by atoms with van der Waals surface area (Å²) in [4.78, 5) is 20.1. The fraction of sp³-hybridized carbons (Fsp3) is 0.128. The fourth-order valence-electron chi connectivity index (χ4n) is 15.7. The van der Waals surface area contributed by atoms with Crippen LogP contribution in [0.3, 0.4) is 0 Å². The molecular formula is C94H78N14S+4. The van der Waals surface area contributed by atoms with Crippen LogP contribution in [-0.2, 0) is 35.2 Å². The van der Waals surface area contributed by atoms with Crippen LogP contribution in [0.4, 0.5) is 0 Å². The molecule has 15 heteroatoms. The van der Waals surface area contributed by atoms with Gasteiger partial charge in [-0.2, -0.15) is 0 Å². The Hall–Kier alpha value is -13.2. The molecule has 0 saturated heterocycles. The van der Waals surface area contributed by atoms with E-state index in [2.05, 4.69) is 310 Å². The zero-order valence-corrected chi connectivity index (χ0v) is 63.1. The summed E-state index contributed by atoms with van der Waals surface area (Å²) in [5, 5.41) is 34.5. The number of para-hydroxylation sites is 1. The zero-order valence-electron chi connectivity index (χ0n) is 62.3. The minimum atomic E-state index is 0.872. The van der Waals surface area contributed by atoms with Crippen LogP contribution in [0, 0.1) is 27.7 Å². The molecule has 1 aliphatic carbocycles. The van der Waals surface area contributed by atoms with E-state index >= 15 is 0 Å². The highest BCUT2D eigenvalue weighted by Gasteiger charge is 2.28. The number of hydrogen-bond donors (Lipinski definition) is 0. The van der Waals surface area contributed by atoms with Crippen molar-refractivity contribution in [3.8, 4) is 51.2 Å². The molecule has 0 fully saturated rings. The fourth-order valence-corrected chi connectivity index (χ4v) is 16.4. The Morgan fingerprint density at radius 2 is 0.734 bits per heavy atom. The van der Waals surface area contributed by atoms with Crippen LogP contribution >= 0.6 is 11.3 Å². The van der Waals surface area contributed by atoms with E-state index in [1.165, 1.54) is 128 Å². The van der Waals surface area contributed by atoms with Crippen LogP contribution in [0.1, 0.15) is 47.1 Å². The van der Waals surface area contributed by atoms with Gasteiger partial charge in [0.15, 0.2) is 22.1 Å². The molecule has 7 heterocycles. The number of rotatable bonds is 6. The van der Waals surface area contributed by atoms with Crippen molar-refractivity contribution in [2.75, 3.05) is 0 Å². The monoisotopic (exact) mass is 1430 g/mol. The second kappa shape index (κ2) is 27.9. The summed E-state index contributed by atoms with van der Waals surface area (Å²) < 4.78 is 13.2. The number of allylic oxidation sites excluding steroid dienone is 2. The molecule has 0 aliphatic heterocycles. The highest BCUT2D eigenvalue weighted by atomic mass is 32.1. The van der Waals surface area contributed by atoms with Gasteiger partial charge in [-0.1, -0.05) is 172 Å². The molecular weight excluding hydrogens is 1360 g/mol. The minimum absolute atomic E-state index is 0.872. The lowest BCUT2D eigenvalue weighted by Crippen LogP contribution is -2.37. The molecule has 0 unspecified atom stereocenters. The summed E-state index contributed by atoms with van der Waals surface area (Å²) in [5.41, 5.74) is 23.0. The third-order valence-corrected chi connectivity index (χ3v) is 22.2. The molecule has 7 aromatic heterocycles. The first-order chi connectivity index (χ1) is 53.2. The lowest BCUT2D eigenvalue weighted by Gasteiger charge is -2.08. The van der Waals surface area contributed by atoms with Gasteiger partial charge in [0.25, 0.3) is 0 Å². The van der Waals surface area contributed by atoms with Crippen molar-refractivity contribution < 1.29 is 18.7 Å². The summed E-state index contributed by atoms with van der Waals surface area (Å²) in [6.07, 6.45) is 10.2. The van der Waals surface area contributed by atoms with E-state index in [0.29, 0.717) is 0 Å². The predicted molar refractivity (Wildman–Crippen MR) is 444 cm³/mol. The quantitative estimate of drug-likeness (QED) is 0.119. The van der Waals surface area contributed by atoms with E-state index < -0.39 is 0 Å². The molecule has 14 nitrogen and oxygen atoms in total. The minimum Gasteiger partial charge on any atom is -0.351 e. The van der Waals surface area contributed by atoms with Crippen molar-refractivity contribution in [2.24, 2.45) is 35.2 Å². The molecule has 0 spiro atoms. The van der Waals surface area contributed by atoms with Gasteiger partial charge in [0.1, 0.15) is 28.2 Å². The lowest BCUT2D eigenvalue weighted by atomic mass is 9.99. The van der Waals surface area contributed by atoms with E-state index in [1.54, 1.807) is 11.3 Å². The van der Waals surface area contributed by atoms with Crippen molar-refractivity contribution in [1.82, 2.24) is 49.5 Å². The Morgan fingerprint density at radius 3 is 1.19 bits per heavy atom. The van der Waals surface area contributed by atoms with E-state index in [4.69, 9.17) is 40.3 Å². The maximum atomic E-state index is 5.08. The van der Waals surface area contributed by atoms with E-state index in [1.807, 2.05) is 53.0 Å². The first-order valence-corrected chi connectivity index (χ1v) is 37.8. The SMILES string of the molecule is Cc1ccc(C2=CCCC2)cc1-c1nc2cc3ccccc3cc2n[n+]1C.Cc1ccc2c(ccn2-c2ccccc2)c1-c1nc2cc3ccccc3cc2n[n+]1C.Cc1ccc2c(ccn2C)c1-c1nc2cc3ccccc3cc2n[n+]1C.Cc1ccc2sccc2c1-c1nc2cc3ccccc3cc2n[n+]1C. The number of nitrogens with zero attached hydrogens (tertiary/aromatic N) is 14. The van der Waals surface area contributed by atoms with E-state index in [9.17, 15) is 0 Å². The molecule has 0 N–H and O–H groups in total. The van der Waals surface area contributed by atoms with E-state index in [0.717, 1.165) is 95.3 Å². The Balaban J connectivity index is 0.000000103. The highest BCUT2D eigenvalue weighted by molar-refractivity contribution is 7.17. The molecule has 0 amide bonds. The number of aryl methyl sites for hydroxylation is 9.